The second-order valence-corrected chi connectivity index (χ2v) is 4.32. The molecule has 0 aromatic heterocycles. The van der Waals surface area contributed by atoms with E-state index in [9.17, 15) is 24.6 Å². The van der Waals surface area contributed by atoms with Crippen molar-refractivity contribution in [3.8, 4) is 5.75 Å². The van der Waals surface area contributed by atoms with Gasteiger partial charge in [0, 0.05) is 12.7 Å². The highest BCUT2D eigenvalue weighted by molar-refractivity contribution is 6.04. The van der Waals surface area contributed by atoms with Gasteiger partial charge in [-0.3, -0.25) is 0 Å². The van der Waals surface area contributed by atoms with Gasteiger partial charge in [0.2, 0.25) is 0 Å². The zero-order valence-corrected chi connectivity index (χ0v) is 12.0. The van der Waals surface area contributed by atoms with Gasteiger partial charge < -0.3 is 20.1 Å². The van der Waals surface area contributed by atoms with Crippen LogP contribution < -0.4 is 4.74 Å². The van der Waals surface area contributed by atoms with Crippen molar-refractivity contribution < 1.29 is 34.4 Å². The summed E-state index contributed by atoms with van der Waals surface area (Å²) in [6.45, 7) is 4.58. The molecule has 7 heteroatoms. The van der Waals surface area contributed by atoms with Crippen molar-refractivity contribution in [3.05, 3.63) is 41.0 Å². The number of carboxylic acids is 2. The Balaban J connectivity index is 3.72. The lowest BCUT2D eigenvalue weighted by molar-refractivity contribution is -0.129. The van der Waals surface area contributed by atoms with Gasteiger partial charge in [-0.15, -0.1) is 0 Å². The molecule has 0 heterocycles. The number of benzene rings is 1. The Kier molecular flexibility index (Phi) is 5.82. The van der Waals surface area contributed by atoms with Gasteiger partial charge in [0.15, 0.2) is 0 Å². The van der Waals surface area contributed by atoms with Crippen LogP contribution >= 0.6 is 0 Å². The summed E-state index contributed by atoms with van der Waals surface area (Å²) >= 11 is 0. The first kappa shape index (κ1) is 17.4. The Bertz CT molecular complexity index is 631. The molecule has 1 aromatic carbocycles. The molecule has 3 N–H and O–H groups in total. The van der Waals surface area contributed by atoms with Crippen LogP contribution in [-0.4, -0.2) is 39.8 Å². The van der Waals surface area contributed by atoms with Gasteiger partial charge >= 0.3 is 17.9 Å². The summed E-state index contributed by atoms with van der Waals surface area (Å²) in [5.74, 6) is -3.71. The van der Waals surface area contributed by atoms with E-state index in [4.69, 9.17) is 9.84 Å². The summed E-state index contributed by atoms with van der Waals surface area (Å²) in [5.41, 5.74) is -0.396. The molecule has 0 bridgehead atoms. The number of esters is 1. The number of hydrogen-bond donors (Lipinski definition) is 3. The van der Waals surface area contributed by atoms with E-state index in [1.54, 1.807) is 6.92 Å². The predicted octanol–water partition coefficient (Wildman–Crippen LogP) is 1.27. The Morgan fingerprint density at radius 3 is 2.27 bits per heavy atom. The third kappa shape index (κ3) is 3.50. The van der Waals surface area contributed by atoms with Crippen LogP contribution in [-0.2, 0) is 17.6 Å². The van der Waals surface area contributed by atoms with E-state index in [1.165, 1.54) is 0 Å². The summed E-state index contributed by atoms with van der Waals surface area (Å²) in [5, 5.41) is 27.6. The second-order valence-electron chi connectivity index (χ2n) is 4.32. The van der Waals surface area contributed by atoms with Crippen LogP contribution in [0.25, 0.3) is 0 Å². The fraction of sp³-hybridized carbons (Fsp3) is 0.267. The molecule has 118 valence electrons. The highest BCUT2D eigenvalue weighted by atomic mass is 16.5. The normalized spacial score (nSPS) is 10.1. The van der Waals surface area contributed by atoms with E-state index in [0.29, 0.717) is 12.0 Å². The van der Waals surface area contributed by atoms with Crippen LogP contribution in [0.1, 0.15) is 38.8 Å². The van der Waals surface area contributed by atoms with Gasteiger partial charge in [0.05, 0.1) is 11.1 Å². The van der Waals surface area contributed by atoms with Gasteiger partial charge in [-0.1, -0.05) is 13.5 Å². The first-order valence-corrected chi connectivity index (χ1v) is 6.47. The van der Waals surface area contributed by atoms with E-state index >= 15 is 0 Å². The SMILES string of the molecule is C=CC(=O)Oc1cc(C(=O)O)c(C(=O)O)c(CCO)c1CC. The molecule has 0 saturated heterocycles. The van der Waals surface area contributed by atoms with Gasteiger partial charge in [0.1, 0.15) is 5.75 Å². The fourth-order valence-electron chi connectivity index (χ4n) is 2.18. The first-order chi connectivity index (χ1) is 10.4. The van der Waals surface area contributed by atoms with Gasteiger partial charge in [-0.05, 0) is 30.0 Å². The number of aromatic carboxylic acids is 2. The molecule has 0 aliphatic heterocycles. The molecule has 22 heavy (non-hydrogen) atoms. The van der Waals surface area contributed by atoms with Crippen molar-refractivity contribution in [1.29, 1.82) is 0 Å². The van der Waals surface area contributed by atoms with E-state index in [1.807, 2.05) is 0 Å². The number of aliphatic hydroxyl groups is 1. The summed E-state index contributed by atoms with van der Waals surface area (Å²) in [7, 11) is 0. The van der Waals surface area contributed by atoms with Crippen molar-refractivity contribution in [1.82, 2.24) is 0 Å². The number of aliphatic hydroxyl groups excluding tert-OH is 1. The molecule has 0 aliphatic carbocycles. The number of rotatable bonds is 7. The Morgan fingerprint density at radius 2 is 1.86 bits per heavy atom. The number of hydrogen-bond acceptors (Lipinski definition) is 5. The largest absolute Gasteiger partial charge is 0.478 e. The highest BCUT2D eigenvalue weighted by Crippen LogP contribution is 2.31. The molecule has 7 nitrogen and oxygen atoms in total. The molecule has 1 aromatic rings. The standard InChI is InChI=1S/C15H16O7/c1-3-8-9(5-6-16)13(15(20)21)10(14(18)19)7-11(8)22-12(17)4-2/h4,7,16H,2-3,5-6H2,1H3,(H,18,19)(H,20,21). The van der Waals surface area contributed by atoms with Crippen molar-refractivity contribution in [2.45, 2.75) is 19.8 Å². The van der Waals surface area contributed by atoms with Crippen molar-refractivity contribution >= 4 is 17.9 Å². The van der Waals surface area contributed by atoms with Gasteiger partial charge in [0.25, 0.3) is 0 Å². The van der Waals surface area contributed by atoms with Crippen LogP contribution in [0.3, 0.4) is 0 Å². The van der Waals surface area contributed by atoms with Crippen LogP contribution in [0.5, 0.6) is 5.75 Å². The third-order valence-corrected chi connectivity index (χ3v) is 3.05. The molecular weight excluding hydrogens is 292 g/mol. The van der Waals surface area contributed by atoms with E-state index in [2.05, 4.69) is 6.58 Å². The van der Waals surface area contributed by atoms with E-state index in [-0.39, 0.29) is 24.3 Å². The fourth-order valence-corrected chi connectivity index (χ4v) is 2.18. The lowest BCUT2D eigenvalue weighted by Gasteiger charge is -2.17. The minimum atomic E-state index is -1.46. The zero-order valence-electron chi connectivity index (χ0n) is 12.0. The average Bonchev–Trinajstić information content (AvgIpc) is 2.46. The highest BCUT2D eigenvalue weighted by Gasteiger charge is 2.26. The number of carboxylic acid groups (broad SMARTS) is 2. The molecule has 0 unspecified atom stereocenters. The van der Waals surface area contributed by atoms with Crippen LogP contribution in [0, 0.1) is 0 Å². The Labute approximate surface area is 126 Å². The van der Waals surface area contributed by atoms with E-state index < -0.39 is 29.0 Å². The number of ether oxygens (including phenoxy) is 1. The summed E-state index contributed by atoms with van der Waals surface area (Å²) in [6, 6.07) is 1.01. The topological polar surface area (TPSA) is 121 Å². The molecule has 0 aliphatic rings. The molecule has 0 fully saturated rings. The van der Waals surface area contributed by atoms with Crippen LogP contribution in [0.4, 0.5) is 0 Å². The van der Waals surface area contributed by atoms with Crippen LogP contribution in [0.15, 0.2) is 18.7 Å². The van der Waals surface area contributed by atoms with Gasteiger partial charge in [-0.25, -0.2) is 14.4 Å². The molecule has 1 rings (SSSR count). The maximum Gasteiger partial charge on any atom is 0.336 e. The molecule has 0 atom stereocenters. The predicted molar refractivity (Wildman–Crippen MR) is 76.4 cm³/mol. The smallest absolute Gasteiger partial charge is 0.336 e. The van der Waals surface area contributed by atoms with Crippen molar-refractivity contribution in [3.63, 3.8) is 0 Å². The number of carbonyl (C=O) groups excluding carboxylic acids is 1. The lowest BCUT2D eigenvalue weighted by atomic mass is 9.91. The minimum absolute atomic E-state index is 0.0433. The van der Waals surface area contributed by atoms with Gasteiger partial charge in [-0.2, -0.15) is 0 Å². The zero-order chi connectivity index (χ0) is 16.9. The summed E-state index contributed by atoms with van der Waals surface area (Å²) < 4.78 is 5.00. The summed E-state index contributed by atoms with van der Waals surface area (Å²) in [6.07, 6.45) is 1.15. The Hall–Kier alpha value is -2.67. The summed E-state index contributed by atoms with van der Waals surface area (Å²) in [4.78, 5) is 34.1. The minimum Gasteiger partial charge on any atom is -0.478 e. The number of carbonyl (C=O) groups is 3. The molecule has 0 saturated carbocycles. The lowest BCUT2D eigenvalue weighted by Crippen LogP contribution is -2.17. The molecule has 0 radical (unpaired) electrons. The first-order valence-electron chi connectivity index (χ1n) is 6.47. The Morgan fingerprint density at radius 1 is 1.23 bits per heavy atom. The molecule has 0 spiro atoms. The van der Waals surface area contributed by atoms with Crippen molar-refractivity contribution in [2.75, 3.05) is 6.61 Å². The quantitative estimate of drug-likeness (QED) is 0.394. The second kappa shape index (κ2) is 7.37. The molecule has 0 amide bonds. The average molecular weight is 308 g/mol. The van der Waals surface area contributed by atoms with E-state index in [0.717, 1.165) is 12.1 Å². The third-order valence-electron chi connectivity index (χ3n) is 3.05. The van der Waals surface area contributed by atoms with Crippen molar-refractivity contribution in [2.24, 2.45) is 0 Å². The maximum atomic E-state index is 11.4. The van der Waals surface area contributed by atoms with Crippen LogP contribution in [0.2, 0.25) is 0 Å². The molecular formula is C15H16O7. The monoisotopic (exact) mass is 308 g/mol. The maximum absolute atomic E-state index is 11.4.